The number of hydrogen-bond acceptors (Lipinski definition) is 3. The Morgan fingerprint density at radius 3 is 2.65 bits per heavy atom. The van der Waals surface area contributed by atoms with Gasteiger partial charge in [-0.25, -0.2) is 0 Å². The lowest BCUT2D eigenvalue weighted by atomic mass is 9.78. The van der Waals surface area contributed by atoms with Crippen molar-refractivity contribution in [1.29, 1.82) is 0 Å². The molecule has 0 spiro atoms. The van der Waals surface area contributed by atoms with Crippen molar-refractivity contribution in [3.05, 3.63) is 35.9 Å². The molecule has 3 atom stereocenters. The highest BCUT2D eigenvalue weighted by Crippen LogP contribution is 2.35. The van der Waals surface area contributed by atoms with Crippen LogP contribution in [0.25, 0.3) is 0 Å². The molecule has 0 amide bonds. The number of nitrogens with one attached hydrogen (secondary N) is 1. The topological polar surface area (TPSA) is 47.3 Å². The smallest absolute Gasteiger partial charge is 0.0670 e. The molecule has 112 valence electrons. The van der Waals surface area contributed by atoms with Gasteiger partial charge >= 0.3 is 0 Å². The van der Waals surface area contributed by atoms with Gasteiger partial charge in [0.15, 0.2) is 0 Å². The predicted molar refractivity (Wildman–Crippen MR) is 83.7 cm³/mol. The first-order valence-corrected chi connectivity index (χ1v) is 7.69. The summed E-state index contributed by atoms with van der Waals surface area (Å²) >= 11 is 0. The number of benzene rings is 1. The van der Waals surface area contributed by atoms with Crippen molar-refractivity contribution in [2.45, 2.75) is 57.2 Å². The van der Waals surface area contributed by atoms with E-state index < -0.39 is 0 Å². The van der Waals surface area contributed by atoms with Crippen LogP contribution in [0, 0.1) is 0 Å². The van der Waals surface area contributed by atoms with Gasteiger partial charge in [-0.3, -0.25) is 0 Å². The SMILES string of the molecule is CCC1(C)CC(CN)(NC(C)c2ccccc2)CCO1. The van der Waals surface area contributed by atoms with E-state index in [1.54, 1.807) is 0 Å². The quantitative estimate of drug-likeness (QED) is 0.869. The van der Waals surface area contributed by atoms with E-state index in [1.807, 2.05) is 0 Å². The van der Waals surface area contributed by atoms with Crippen LogP contribution in [0.5, 0.6) is 0 Å². The van der Waals surface area contributed by atoms with Gasteiger partial charge in [0, 0.05) is 24.7 Å². The van der Waals surface area contributed by atoms with Crippen LogP contribution in [0.15, 0.2) is 30.3 Å². The zero-order chi connectivity index (χ0) is 14.6. The van der Waals surface area contributed by atoms with Gasteiger partial charge in [0.25, 0.3) is 0 Å². The van der Waals surface area contributed by atoms with Gasteiger partial charge < -0.3 is 15.8 Å². The van der Waals surface area contributed by atoms with Crippen LogP contribution in [0.3, 0.4) is 0 Å². The summed E-state index contributed by atoms with van der Waals surface area (Å²) in [4.78, 5) is 0. The summed E-state index contributed by atoms with van der Waals surface area (Å²) in [6.45, 7) is 8.04. The Kier molecular flexibility index (Phi) is 4.84. The van der Waals surface area contributed by atoms with Crippen LogP contribution in [0.1, 0.15) is 51.6 Å². The maximum Gasteiger partial charge on any atom is 0.0670 e. The van der Waals surface area contributed by atoms with Crippen molar-refractivity contribution in [2.24, 2.45) is 5.73 Å². The Morgan fingerprint density at radius 2 is 2.05 bits per heavy atom. The van der Waals surface area contributed by atoms with Gasteiger partial charge in [0.2, 0.25) is 0 Å². The van der Waals surface area contributed by atoms with E-state index in [0.29, 0.717) is 12.6 Å². The lowest BCUT2D eigenvalue weighted by molar-refractivity contribution is -0.101. The van der Waals surface area contributed by atoms with Crippen molar-refractivity contribution in [1.82, 2.24) is 5.32 Å². The van der Waals surface area contributed by atoms with E-state index in [4.69, 9.17) is 10.5 Å². The fraction of sp³-hybridized carbons (Fsp3) is 0.647. The molecule has 0 aromatic heterocycles. The monoisotopic (exact) mass is 276 g/mol. The Balaban J connectivity index is 2.11. The molecular weight excluding hydrogens is 248 g/mol. The van der Waals surface area contributed by atoms with Gasteiger partial charge in [0.1, 0.15) is 0 Å². The summed E-state index contributed by atoms with van der Waals surface area (Å²) in [5.74, 6) is 0. The normalized spacial score (nSPS) is 32.0. The van der Waals surface area contributed by atoms with Gasteiger partial charge in [-0.2, -0.15) is 0 Å². The lowest BCUT2D eigenvalue weighted by Gasteiger charge is -2.47. The summed E-state index contributed by atoms with van der Waals surface area (Å²) in [7, 11) is 0. The molecule has 20 heavy (non-hydrogen) atoms. The standard InChI is InChI=1S/C17H28N2O/c1-4-16(3)12-17(13-18,10-11-20-16)19-14(2)15-8-6-5-7-9-15/h5-9,14,19H,4,10-13,18H2,1-3H3. The first-order valence-electron chi connectivity index (χ1n) is 7.69. The number of nitrogens with two attached hydrogens (primary N) is 1. The van der Waals surface area contributed by atoms with Crippen molar-refractivity contribution in [3.8, 4) is 0 Å². The van der Waals surface area contributed by atoms with Gasteiger partial charge in [0.05, 0.1) is 5.60 Å². The van der Waals surface area contributed by atoms with E-state index in [1.165, 1.54) is 5.56 Å². The van der Waals surface area contributed by atoms with Gasteiger partial charge in [-0.1, -0.05) is 37.3 Å². The molecule has 1 aliphatic rings. The van der Waals surface area contributed by atoms with Crippen molar-refractivity contribution in [3.63, 3.8) is 0 Å². The van der Waals surface area contributed by atoms with Crippen LogP contribution >= 0.6 is 0 Å². The molecular formula is C17H28N2O. The molecule has 1 fully saturated rings. The molecule has 0 saturated carbocycles. The second kappa shape index (κ2) is 6.25. The van der Waals surface area contributed by atoms with E-state index in [9.17, 15) is 0 Å². The van der Waals surface area contributed by atoms with Crippen molar-refractivity contribution >= 4 is 0 Å². The zero-order valence-corrected chi connectivity index (χ0v) is 13.0. The molecule has 2 rings (SSSR count). The molecule has 1 aromatic carbocycles. The summed E-state index contributed by atoms with van der Waals surface area (Å²) in [5.41, 5.74) is 7.36. The Morgan fingerprint density at radius 1 is 1.35 bits per heavy atom. The van der Waals surface area contributed by atoms with Crippen LogP contribution in [0.2, 0.25) is 0 Å². The van der Waals surface area contributed by atoms with Gasteiger partial charge in [-0.05, 0) is 38.7 Å². The second-order valence-electron chi connectivity index (χ2n) is 6.34. The Labute approximate surface area is 122 Å². The minimum Gasteiger partial charge on any atom is -0.375 e. The van der Waals surface area contributed by atoms with Gasteiger partial charge in [-0.15, -0.1) is 0 Å². The third-order valence-electron chi connectivity index (χ3n) is 4.70. The van der Waals surface area contributed by atoms with Crippen LogP contribution in [0.4, 0.5) is 0 Å². The third kappa shape index (κ3) is 3.40. The molecule has 1 heterocycles. The van der Waals surface area contributed by atoms with Crippen molar-refractivity contribution in [2.75, 3.05) is 13.2 Å². The predicted octanol–water partition coefficient (Wildman–Crippen LogP) is 3.01. The molecule has 3 nitrogen and oxygen atoms in total. The number of rotatable bonds is 5. The first kappa shape index (κ1) is 15.5. The average Bonchev–Trinajstić information content (AvgIpc) is 2.48. The Bertz CT molecular complexity index is 422. The zero-order valence-electron chi connectivity index (χ0n) is 13.0. The van der Waals surface area contributed by atoms with Crippen LogP contribution in [-0.4, -0.2) is 24.3 Å². The number of hydrogen-bond donors (Lipinski definition) is 2. The molecule has 0 aliphatic carbocycles. The highest BCUT2D eigenvalue weighted by atomic mass is 16.5. The molecule has 3 N–H and O–H groups in total. The average molecular weight is 276 g/mol. The highest BCUT2D eigenvalue weighted by Gasteiger charge is 2.42. The molecule has 1 saturated heterocycles. The summed E-state index contributed by atoms with van der Waals surface area (Å²) in [5, 5.41) is 3.78. The minimum atomic E-state index is -0.0545. The summed E-state index contributed by atoms with van der Waals surface area (Å²) in [6, 6.07) is 10.9. The maximum absolute atomic E-state index is 6.12. The van der Waals surface area contributed by atoms with E-state index in [-0.39, 0.29) is 11.1 Å². The Hall–Kier alpha value is -0.900. The number of ether oxygens (including phenoxy) is 1. The fourth-order valence-electron chi connectivity index (χ4n) is 3.22. The first-order chi connectivity index (χ1) is 9.52. The second-order valence-corrected chi connectivity index (χ2v) is 6.34. The molecule has 0 bridgehead atoms. The lowest BCUT2D eigenvalue weighted by Crippen LogP contribution is -2.59. The molecule has 1 aromatic rings. The maximum atomic E-state index is 6.12. The van der Waals surface area contributed by atoms with E-state index in [0.717, 1.165) is 25.9 Å². The molecule has 0 radical (unpaired) electrons. The minimum absolute atomic E-state index is 0.0156. The molecule has 3 unspecified atom stereocenters. The van der Waals surface area contributed by atoms with Crippen LogP contribution in [-0.2, 0) is 4.74 Å². The largest absolute Gasteiger partial charge is 0.375 e. The summed E-state index contributed by atoms with van der Waals surface area (Å²) < 4.78 is 5.96. The van der Waals surface area contributed by atoms with E-state index >= 15 is 0 Å². The fourth-order valence-corrected chi connectivity index (χ4v) is 3.22. The highest BCUT2D eigenvalue weighted by molar-refractivity contribution is 5.19. The van der Waals surface area contributed by atoms with Crippen LogP contribution < -0.4 is 11.1 Å². The summed E-state index contributed by atoms with van der Waals surface area (Å²) in [6.07, 6.45) is 2.98. The third-order valence-corrected chi connectivity index (χ3v) is 4.70. The van der Waals surface area contributed by atoms with E-state index in [2.05, 4.69) is 56.4 Å². The van der Waals surface area contributed by atoms with Crippen molar-refractivity contribution < 1.29 is 4.74 Å². The molecule has 3 heteroatoms. The molecule has 1 aliphatic heterocycles.